The quantitative estimate of drug-likeness (QED) is 0.787. The average Bonchev–Trinajstić information content (AvgIpc) is 2.60. The molecule has 2 amide bonds. The fraction of sp³-hybridized carbons (Fsp3) is 0.611. The number of urea groups is 1. The van der Waals surface area contributed by atoms with E-state index in [4.69, 9.17) is 9.47 Å². The van der Waals surface area contributed by atoms with Crippen LogP contribution in [0, 0.1) is 5.92 Å². The molecule has 0 saturated heterocycles. The van der Waals surface area contributed by atoms with Gasteiger partial charge in [0, 0.05) is 25.3 Å². The fourth-order valence-corrected chi connectivity index (χ4v) is 3.09. The SMILES string of the molecule is COc1ccc(NC(=O)N(C)CC2CCCCC2)cc1OCC(F)(F)F. The van der Waals surface area contributed by atoms with Crippen LogP contribution in [0.15, 0.2) is 18.2 Å². The Morgan fingerprint density at radius 1 is 1.23 bits per heavy atom. The third kappa shape index (κ3) is 6.31. The van der Waals surface area contributed by atoms with Crippen molar-refractivity contribution in [2.45, 2.75) is 38.3 Å². The molecule has 5 nitrogen and oxygen atoms in total. The summed E-state index contributed by atoms with van der Waals surface area (Å²) in [4.78, 5) is 13.9. The fourth-order valence-electron chi connectivity index (χ4n) is 3.09. The zero-order valence-corrected chi connectivity index (χ0v) is 15.1. The maximum atomic E-state index is 12.4. The van der Waals surface area contributed by atoms with Gasteiger partial charge in [0.1, 0.15) is 0 Å². The minimum Gasteiger partial charge on any atom is -0.493 e. The van der Waals surface area contributed by atoms with Gasteiger partial charge in [-0.1, -0.05) is 19.3 Å². The first-order valence-electron chi connectivity index (χ1n) is 8.68. The van der Waals surface area contributed by atoms with Crippen LogP contribution in [0.3, 0.4) is 0 Å². The molecule has 26 heavy (non-hydrogen) atoms. The zero-order chi connectivity index (χ0) is 19.2. The number of amides is 2. The van der Waals surface area contributed by atoms with E-state index in [0.29, 0.717) is 18.2 Å². The van der Waals surface area contributed by atoms with E-state index < -0.39 is 12.8 Å². The highest BCUT2D eigenvalue weighted by atomic mass is 19.4. The van der Waals surface area contributed by atoms with E-state index >= 15 is 0 Å². The first kappa shape index (κ1) is 20.2. The van der Waals surface area contributed by atoms with Crippen molar-refractivity contribution < 1.29 is 27.4 Å². The van der Waals surface area contributed by atoms with Gasteiger partial charge in [-0.25, -0.2) is 4.79 Å². The molecular weight excluding hydrogens is 349 g/mol. The number of carbonyl (C=O) groups is 1. The Morgan fingerprint density at radius 3 is 2.54 bits per heavy atom. The van der Waals surface area contributed by atoms with Crippen LogP contribution in [-0.4, -0.2) is 44.4 Å². The zero-order valence-electron chi connectivity index (χ0n) is 15.1. The van der Waals surface area contributed by atoms with E-state index in [2.05, 4.69) is 5.32 Å². The number of nitrogens with zero attached hydrogens (tertiary/aromatic N) is 1. The molecule has 146 valence electrons. The van der Waals surface area contributed by atoms with E-state index in [-0.39, 0.29) is 17.5 Å². The molecule has 1 aliphatic rings. The smallest absolute Gasteiger partial charge is 0.422 e. The van der Waals surface area contributed by atoms with Crippen LogP contribution in [-0.2, 0) is 0 Å². The maximum Gasteiger partial charge on any atom is 0.422 e. The summed E-state index contributed by atoms with van der Waals surface area (Å²) in [5.41, 5.74) is 0.350. The number of halogens is 3. The summed E-state index contributed by atoms with van der Waals surface area (Å²) in [6.07, 6.45) is 1.42. The minimum atomic E-state index is -4.45. The molecule has 0 unspecified atom stereocenters. The van der Waals surface area contributed by atoms with E-state index in [1.807, 2.05) is 0 Å². The van der Waals surface area contributed by atoms with Crippen LogP contribution in [0.25, 0.3) is 0 Å². The Bertz CT molecular complexity index is 602. The predicted molar refractivity (Wildman–Crippen MR) is 92.8 cm³/mol. The second-order valence-electron chi connectivity index (χ2n) is 6.58. The van der Waals surface area contributed by atoms with Crippen molar-refractivity contribution in [1.82, 2.24) is 4.90 Å². The van der Waals surface area contributed by atoms with Crippen LogP contribution >= 0.6 is 0 Å². The van der Waals surface area contributed by atoms with Crippen LogP contribution in [0.1, 0.15) is 32.1 Å². The molecule has 0 aliphatic heterocycles. The monoisotopic (exact) mass is 374 g/mol. The number of benzene rings is 1. The number of anilines is 1. The van der Waals surface area contributed by atoms with Gasteiger partial charge in [0.15, 0.2) is 18.1 Å². The Labute approximate surface area is 151 Å². The molecule has 0 spiro atoms. The topological polar surface area (TPSA) is 50.8 Å². The molecule has 0 atom stereocenters. The summed E-state index contributed by atoms with van der Waals surface area (Å²) in [7, 11) is 3.06. The molecule has 0 aromatic heterocycles. The standard InChI is InChI=1S/C18H25F3N2O3/c1-23(11-13-6-4-3-5-7-13)17(24)22-14-8-9-15(25-2)16(10-14)26-12-18(19,20)21/h8-10,13H,3-7,11-12H2,1-2H3,(H,22,24). The van der Waals surface area contributed by atoms with E-state index in [1.165, 1.54) is 38.5 Å². The molecule has 0 heterocycles. The number of alkyl halides is 3. The van der Waals surface area contributed by atoms with E-state index in [1.54, 1.807) is 18.0 Å². The molecule has 1 aliphatic carbocycles. The van der Waals surface area contributed by atoms with Gasteiger partial charge in [0.25, 0.3) is 0 Å². The van der Waals surface area contributed by atoms with Crippen molar-refractivity contribution in [1.29, 1.82) is 0 Å². The van der Waals surface area contributed by atoms with Crippen molar-refractivity contribution in [3.63, 3.8) is 0 Å². The summed E-state index contributed by atoms with van der Waals surface area (Å²) in [5, 5.41) is 2.69. The highest BCUT2D eigenvalue weighted by Gasteiger charge is 2.29. The van der Waals surface area contributed by atoms with Gasteiger partial charge >= 0.3 is 12.2 Å². The predicted octanol–water partition coefficient (Wildman–Crippen LogP) is 4.68. The first-order valence-corrected chi connectivity index (χ1v) is 8.68. The molecule has 1 aromatic carbocycles. The molecule has 8 heteroatoms. The molecular formula is C18H25F3N2O3. The largest absolute Gasteiger partial charge is 0.493 e. The van der Waals surface area contributed by atoms with Gasteiger partial charge < -0.3 is 19.7 Å². The number of methoxy groups -OCH3 is 1. The van der Waals surface area contributed by atoms with Gasteiger partial charge in [-0.15, -0.1) is 0 Å². The van der Waals surface area contributed by atoms with Crippen molar-refractivity contribution in [2.24, 2.45) is 5.92 Å². The lowest BCUT2D eigenvalue weighted by molar-refractivity contribution is -0.153. The van der Waals surface area contributed by atoms with Crippen LogP contribution in [0.5, 0.6) is 11.5 Å². The first-order chi connectivity index (χ1) is 12.3. The van der Waals surface area contributed by atoms with Crippen LogP contribution < -0.4 is 14.8 Å². The highest BCUT2D eigenvalue weighted by Crippen LogP contribution is 2.32. The summed E-state index contributed by atoms with van der Waals surface area (Å²) in [6, 6.07) is 4.05. The number of nitrogens with one attached hydrogen (secondary N) is 1. The van der Waals surface area contributed by atoms with Gasteiger partial charge in [0.2, 0.25) is 0 Å². The lowest BCUT2D eigenvalue weighted by atomic mass is 9.89. The minimum absolute atomic E-state index is 0.0717. The number of hydrogen-bond acceptors (Lipinski definition) is 3. The number of hydrogen-bond donors (Lipinski definition) is 1. The molecule has 2 rings (SSSR count). The normalized spacial score (nSPS) is 15.4. The molecule has 0 bridgehead atoms. The summed E-state index contributed by atoms with van der Waals surface area (Å²) in [6.45, 7) is -0.762. The van der Waals surface area contributed by atoms with Crippen molar-refractivity contribution in [3.8, 4) is 11.5 Å². The maximum absolute atomic E-state index is 12.4. The Kier molecular flexibility index (Phi) is 6.99. The van der Waals surface area contributed by atoms with E-state index in [9.17, 15) is 18.0 Å². The summed E-state index contributed by atoms with van der Waals surface area (Å²) in [5.74, 6) is 0.599. The lowest BCUT2D eigenvalue weighted by Gasteiger charge is -2.27. The van der Waals surface area contributed by atoms with Gasteiger partial charge in [-0.3, -0.25) is 0 Å². The summed E-state index contributed by atoms with van der Waals surface area (Å²) < 4.78 is 46.9. The lowest BCUT2D eigenvalue weighted by Crippen LogP contribution is -2.35. The molecule has 1 fully saturated rings. The van der Waals surface area contributed by atoms with Gasteiger partial charge in [0.05, 0.1) is 7.11 Å². The van der Waals surface area contributed by atoms with E-state index in [0.717, 1.165) is 12.8 Å². The Balaban J connectivity index is 1.97. The number of rotatable bonds is 6. The Morgan fingerprint density at radius 2 is 1.92 bits per heavy atom. The van der Waals surface area contributed by atoms with Crippen molar-refractivity contribution in [2.75, 3.05) is 32.6 Å². The van der Waals surface area contributed by atoms with Crippen molar-refractivity contribution in [3.05, 3.63) is 18.2 Å². The second kappa shape index (κ2) is 9.00. The van der Waals surface area contributed by atoms with Crippen molar-refractivity contribution >= 4 is 11.7 Å². The highest BCUT2D eigenvalue weighted by molar-refractivity contribution is 5.89. The van der Waals surface area contributed by atoms with Crippen LogP contribution in [0.2, 0.25) is 0 Å². The third-order valence-corrected chi connectivity index (χ3v) is 4.41. The molecule has 0 radical (unpaired) electrons. The van der Waals surface area contributed by atoms with Crippen LogP contribution in [0.4, 0.5) is 23.7 Å². The molecule has 1 aromatic rings. The van der Waals surface area contributed by atoms with Gasteiger partial charge in [-0.05, 0) is 30.9 Å². The average molecular weight is 374 g/mol. The Hall–Kier alpha value is -2.12. The molecule has 1 saturated carbocycles. The number of ether oxygens (including phenoxy) is 2. The summed E-state index contributed by atoms with van der Waals surface area (Å²) >= 11 is 0. The second-order valence-corrected chi connectivity index (χ2v) is 6.58. The number of carbonyl (C=O) groups excluding carboxylic acids is 1. The van der Waals surface area contributed by atoms with Gasteiger partial charge in [-0.2, -0.15) is 13.2 Å². The molecule has 1 N–H and O–H groups in total. The third-order valence-electron chi connectivity index (χ3n) is 4.41.